The molecule has 1 saturated carbocycles. The van der Waals surface area contributed by atoms with Crippen molar-refractivity contribution in [3.63, 3.8) is 0 Å². The van der Waals surface area contributed by atoms with Gasteiger partial charge in [-0.25, -0.2) is 0 Å². The molecule has 4 heteroatoms. The Kier molecular flexibility index (Phi) is 2.88. The Morgan fingerprint density at radius 1 is 1.41 bits per heavy atom. The number of carbonyl (C=O) groups excluding carboxylic acids is 1. The Hall–Kier alpha value is -1.84. The molecular weight excluding hydrogens is 218 g/mol. The molecule has 0 heterocycles. The van der Waals surface area contributed by atoms with Crippen molar-refractivity contribution in [2.45, 2.75) is 18.3 Å². The molecule has 0 radical (unpaired) electrons. The van der Waals surface area contributed by atoms with E-state index in [4.69, 9.17) is 9.47 Å². The van der Waals surface area contributed by atoms with E-state index in [-0.39, 0.29) is 5.97 Å². The first-order valence-electron chi connectivity index (χ1n) is 5.41. The van der Waals surface area contributed by atoms with E-state index in [0.717, 1.165) is 18.4 Å². The predicted octanol–water partition coefficient (Wildman–Crippen LogP) is 2.23. The van der Waals surface area contributed by atoms with Gasteiger partial charge in [0.15, 0.2) is 0 Å². The van der Waals surface area contributed by atoms with Crippen LogP contribution in [0.25, 0.3) is 0 Å². The SMILES string of the molecule is C=Nc1cc(C2(C(=O)OC)CC2)ccc1OC. The van der Waals surface area contributed by atoms with Crippen LogP contribution in [0.3, 0.4) is 0 Å². The van der Waals surface area contributed by atoms with Gasteiger partial charge in [-0.3, -0.25) is 9.79 Å². The highest BCUT2D eigenvalue weighted by Gasteiger charge is 2.52. The first-order valence-corrected chi connectivity index (χ1v) is 5.41. The third-order valence-corrected chi connectivity index (χ3v) is 3.23. The summed E-state index contributed by atoms with van der Waals surface area (Å²) in [5.74, 6) is 0.474. The number of ether oxygens (including phenoxy) is 2. The standard InChI is InChI=1S/C13H15NO3/c1-14-10-8-9(4-5-11(10)16-2)13(6-7-13)12(15)17-3/h4-5,8H,1,6-7H2,2-3H3. The topological polar surface area (TPSA) is 47.9 Å². The lowest BCUT2D eigenvalue weighted by atomic mass is 9.95. The zero-order chi connectivity index (χ0) is 12.5. The van der Waals surface area contributed by atoms with Crippen LogP contribution < -0.4 is 4.74 Å². The number of methoxy groups -OCH3 is 2. The first kappa shape index (κ1) is 11.6. The highest BCUT2D eigenvalue weighted by Crippen LogP contribution is 2.50. The Labute approximate surface area is 100 Å². The van der Waals surface area contributed by atoms with E-state index in [9.17, 15) is 4.79 Å². The summed E-state index contributed by atoms with van der Waals surface area (Å²) in [6.07, 6.45) is 1.64. The normalized spacial score (nSPS) is 16.1. The monoisotopic (exact) mass is 233 g/mol. The molecule has 4 nitrogen and oxygen atoms in total. The third-order valence-electron chi connectivity index (χ3n) is 3.23. The quantitative estimate of drug-likeness (QED) is 0.592. The summed E-state index contributed by atoms with van der Waals surface area (Å²) < 4.78 is 10.0. The van der Waals surface area contributed by atoms with Crippen molar-refractivity contribution in [3.05, 3.63) is 23.8 Å². The van der Waals surface area contributed by atoms with Crippen molar-refractivity contribution in [2.75, 3.05) is 14.2 Å². The van der Waals surface area contributed by atoms with Gasteiger partial charge in [-0.15, -0.1) is 0 Å². The second kappa shape index (κ2) is 4.20. The molecule has 0 bridgehead atoms. The van der Waals surface area contributed by atoms with Crippen LogP contribution in [0.4, 0.5) is 5.69 Å². The minimum absolute atomic E-state index is 0.183. The van der Waals surface area contributed by atoms with Gasteiger partial charge in [0.25, 0.3) is 0 Å². The van der Waals surface area contributed by atoms with Gasteiger partial charge in [0.2, 0.25) is 0 Å². The van der Waals surface area contributed by atoms with E-state index in [1.165, 1.54) is 7.11 Å². The van der Waals surface area contributed by atoms with Crippen molar-refractivity contribution >= 4 is 18.4 Å². The lowest BCUT2D eigenvalue weighted by molar-refractivity contribution is -0.143. The Morgan fingerprint density at radius 3 is 2.59 bits per heavy atom. The fourth-order valence-corrected chi connectivity index (χ4v) is 2.04. The zero-order valence-electron chi connectivity index (χ0n) is 10.0. The predicted molar refractivity (Wildman–Crippen MR) is 65.1 cm³/mol. The molecule has 0 atom stereocenters. The molecule has 0 saturated heterocycles. The lowest BCUT2D eigenvalue weighted by Gasteiger charge is -2.14. The molecule has 1 fully saturated rings. The van der Waals surface area contributed by atoms with Crippen LogP contribution in [0.5, 0.6) is 5.75 Å². The van der Waals surface area contributed by atoms with Gasteiger partial charge in [0.1, 0.15) is 11.4 Å². The molecule has 17 heavy (non-hydrogen) atoms. The summed E-state index contributed by atoms with van der Waals surface area (Å²) in [7, 11) is 3.00. The molecule has 1 aliphatic rings. The maximum Gasteiger partial charge on any atom is 0.316 e. The summed E-state index contributed by atoms with van der Waals surface area (Å²) in [5.41, 5.74) is 1.10. The molecule has 0 aliphatic heterocycles. The summed E-state index contributed by atoms with van der Waals surface area (Å²) in [6, 6.07) is 5.54. The molecule has 0 N–H and O–H groups in total. The Balaban J connectivity index is 2.41. The van der Waals surface area contributed by atoms with E-state index >= 15 is 0 Å². The summed E-state index contributed by atoms with van der Waals surface area (Å²) in [5, 5.41) is 0. The highest BCUT2D eigenvalue weighted by atomic mass is 16.5. The molecule has 1 aromatic carbocycles. The number of esters is 1. The fourth-order valence-electron chi connectivity index (χ4n) is 2.04. The average molecular weight is 233 g/mol. The molecular formula is C13H15NO3. The van der Waals surface area contributed by atoms with Gasteiger partial charge in [0.05, 0.1) is 19.6 Å². The molecule has 2 rings (SSSR count). The van der Waals surface area contributed by atoms with E-state index < -0.39 is 5.41 Å². The lowest BCUT2D eigenvalue weighted by Crippen LogP contribution is -2.21. The van der Waals surface area contributed by atoms with Crippen LogP contribution in [0.15, 0.2) is 23.2 Å². The summed E-state index contributed by atoms with van der Waals surface area (Å²) in [4.78, 5) is 15.7. The van der Waals surface area contributed by atoms with E-state index in [2.05, 4.69) is 11.7 Å². The minimum Gasteiger partial charge on any atom is -0.494 e. The van der Waals surface area contributed by atoms with Crippen molar-refractivity contribution < 1.29 is 14.3 Å². The number of aliphatic imine (C=N–C) groups is 1. The smallest absolute Gasteiger partial charge is 0.316 e. The summed E-state index contributed by atoms with van der Waals surface area (Å²) >= 11 is 0. The van der Waals surface area contributed by atoms with E-state index in [0.29, 0.717) is 11.4 Å². The molecule has 1 aliphatic carbocycles. The van der Waals surface area contributed by atoms with Gasteiger partial charge < -0.3 is 9.47 Å². The zero-order valence-corrected chi connectivity index (χ0v) is 10.0. The molecule has 0 aromatic heterocycles. The minimum atomic E-state index is -0.472. The number of hydrogen-bond donors (Lipinski definition) is 0. The second-order valence-electron chi connectivity index (χ2n) is 4.12. The van der Waals surface area contributed by atoms with E-state index in [1.807, 2.05) is 18.2 Å². The third kappa shape index (κ3) is 1.79. The van der Waals surface area contributed by atoms with Crippen LogP contribution in [-0.4, -0.2) is 26.9 Å². The molecule has 0 amide bonds. The number of nitrogens with zero attached hydrogens (tertiary/aromatic N) is 1. The van der Waals surface area contributed by atoms with Gasteiger partial charge in [0, 0.05) is 0 Å². The van der Waals surface area contributed by atoms with Crippen LogP contribution in [-0.2, 0) is 14.9 Å². The Bertz CT molecular complexity index is 464. The molecule has 1 aromatic rings. The maximum absolute atomic E-state index is 11.8. The Morgan fingerprint density at radius 2 is 2.12 bits per heavy atom. The van der Waals surface area contributed by atoms with Crippen LogP contribution in [0.1, 0.15) is 18.4 Å². The summed E-state index contributed by atoms with van der Waals surface area (Å²) in [6.45, 7) is 3.50. The van der Waals surface area contributed by atoms with Gasteiger partial charge in [-0.2, -0.15) is 0 Å². The molecule has 90 valence electrons. The van der Waals surface area contributed by atoms with Crippen molar-refractivity contribution in [1.29, 1.82) is 0 Å². The van der Waals surface area contributed by atoms with Crippen molar-refractivity contribution in [1.82, 2.24) is 0 Å². The number of carbonyl (C=O) groups is 1. The van der Waals surface area contributed by atoms with Crippen LogP contribution in [0, 0.1) is 0 Å². The molecule has 0 spiro atoms. The first-order chi connectivity index (χ1) is 8.17. The van der Waals surface area contributed by atoms with Crippen molar-refractivity contribution in [3.8, 4) is 5.75 Å². The van der Waals surface area contributed by atoms with Crippen LogP contribution in [0.2, 0.25) is 0 Å². The second-order valence-corrected chi connectivity index (χ2v) is 4.12. The largest absolute Gasteiger partial charge is 0.494 e. The maximum atomic E-state index is 11.8. The highest BCUT2D eigenvalue weighted by molar-refractivity contribution is 5.87. The fraction of sp³-hybridized carbons (Fsp3) is 0.385. The number of benzene rings is 1. The van der Waals surface area contributed by atoms with Crippen molar-refractivity contribution in [2.24, 2.45) is 4.99 Å². The van der Waals surface area contributed by atoms with Crippen LogP contribution >= 0.6 is 0 Å². The van der Waals surface area contributed by atoms with Gasteiger partial charge in [-0.1, -0.05) is 6.07 Å². The van der Waals surface area contributed by atoms with Gasteiger partial charge >= 0.3 is 5.97 Å². The molecule has 0 unspecified atom stereocenters. The van der Waals surface area contributed by atoms with Gasteiger partial charge in [-0.05, 0) is 37.3 Å². The number of hydrogen-bond acceptors (Lipinski definition) is 4. The number of rotatable bonds is 4. The average Bonchev–Trinajstić information content (AvgIpc) is 3.18. The van der Waals surface area contributed by atoms with E-state index in [1.54, 1.807) is 7.11 Å².